The summed E-state index contributed by atoms with van der Waals surface area (Å²) in [5.41, 5.74) is 1.73. The Balaban J connectivity index is 1.57. The molecule has 6 heteroatoms. The number of pyridine rings is 1. The minimum absolute atomic E-state index is 0.00936. The van der Waals surface area contributed by atoms with Crippen molar-refractivity contribution < 1.29 is 0 Å². The fraction of sp³-hybridized carbons (Fsp3) is 0.353. The predicted octanol–water partition coefficient (Wildman–Crippen LogP) is 1.78. The van der Waals surface area contributed by atoms with E-state index in [1.165, 1.54) is 0 Å². The molecule has 0 saturated carbocycles. The van der Waals surface area contributed by atoms with Gasteiger partial charge in [-0.25, -0.2) is 4.98 Å². The van der Waals surface area contributed by atoms with Crippen molar-refractivity contribution in [1.29, 1.82) is 0 Å². The Morgan fingerprint density at radius 1 is 1.30 bits per heavy atom. The summed E-state index contributed by atoms with van der Waals surface area (Å²) < 4.78 is 1.87. The Kier molecular flexibility index (Phi) is 3.67. The van der Waals surface area contributed by atoms with Crippen LogP contribution in [0.2, 0.25) is 0 Å². The molecule has 2 aromatic heterocycles. The van der Waals surface area contributed by atoms with Crippen LogP contribution in [0.5, 0.6) is 0 Å². The molecule has 1 aliphatic heterocycles. The van der Waals surface area contributed by atoms with E-state index in [1.54, 1.807) is 12.7 Å². The van der Waals surface area contributed by atoms with E-state index < -0.39 is 0 Å². The first-order valence-corrected chi connectivity index (χ1v) is 7.97. The Morgan fingerprint density at radius 3 is 3.09 bits per heavy atom. The number of aromatic nitrogens is 4. The predicted molar refractivity (Wildman–Crippen MR) is 88.0 cm³/mol. The van der Waals surface area contributed by atoms with Gasteiger partial charge in [0.05, 0.1) is 6.54 Å². The van der Waals surface area contributed by atoms with Gasteiger partial charge in [0, 0.05) is 23.7 Å². The second-order valence-corrected chi connectivity index (χ2v) is 6.09. The summed E-state index contributed by atoms with van der Waals surface area (Å²) in [4.78, 5) is 21.7. The Morgan fingerprint density at radius 2 is 2.22 bits per heavy atom. The maximum absolute atomic E-state index is 12.3. The number of H-pyrrole nitrogens is 1. The number of hydrogen-bond donors (Lipinski definition) is 1. The van der Waals surface area contributed by atoms with Crippen LogP contribution in [0, 0.1) is 0 Å². The number of rotatable bonds is 4. The van der Waals surface area contributed by atoms with E-state index >= 15 is 0 Å². The van der Waals surface area contributed by atoms with Crippen molar-refractivity contribution in [2.75, 3.05) is 6.54 Å². The summed E-state index contributed by atoms with van der Waals surface area (Å²) in [5.74, 6) is 0. The normalized spacial score (nSPS) is 18.7. The van der Waals surface area contributed by atoms with Crippen LogP contribution < -0.4 is 5.56 Å². The zero-order chi connectivity index (χ0) is 15.6. The van der Waals surface area contributed by atoms with Crippen LogP contribution in [-0.4, -0.2) is 37.2 Å². The molecule has 1 N–H and O–H groups in total. The van der Waals surface area contributed by atoms with Crippen LogP contribution in [0.25, 0.3) is 10.9 Å². The van der Waals surface area contributed by atoms with Gasteiger partial charge in [0.15, 0.2) is 0 Å². The molecular formula is C17H19N5O. The summed E-state index contributed by atoms with van der Waals surface area (Å²) in [7, 11) is 0. The van der Waals surface area contributed by atoms with E-state index in [4.69, 9.17) is 0 Å². The molecule has 3 aromatic rings. The number of nitrogens with one attached hydrogen (secondary N) is 1. The lowest BCUT2D eigenvalue weighted by molar-refractivity contribution is 0.218. The first kappa shape index (κ1) is 14.1. The molecule has 0 radical (unpaired) electrons. The van der Waals surface area contributed by atoms with E-state index in [0.29, 0.717) is 12.6 Å². The lowest BCUT2D eigenvalue weighted by atomic mass is 10.1. The van der Waals surface area contributed by atoms with Crippen LogP contribution in [0.4, 0.5) is 0 Å². The van der Waals surface area contributed by atoms with E-state index in [2.05, 4.69) is 20.0 Å². The minimum atomic E-state index is 0.00936. The molecule has 4 rings (SSSR count). The smallest absolute Gasteiger partial charge is 0.252 e. The van der Waals surface area contributed by atoms with Gasteiger partial charge in [-0.3, -0.25) is 14.4 Å². The number of para-hydroxylation sites is 1. The van der Waals surface area contributed by atoms with Crippen molar-refractivity contribution in [2.24, 2.45) is 0 Å². The number of benzene rings is 1. The van der Waals surface area contributed by atoms with Gasteiger partial charge in [-0.05, 0) is 36.9 Å². The monoisotopic (exact) mass is 309 g/mol. The molecule has 0 aliphatic carbocycles. The quantitative estimate of drug-likeness (QED) is 0.798. The average Bonchev–Trinajstić information content (AvgIpc) is 3.21. The molecule has 0 amide bonds. The van der Waals surface area contributed by atoms with Crippen LogP contribution in [-0.2, 0) is 13.1 Å². The van der Waals surface area contributed by atoms with Gasteiger partial charge in [0.1, 0.15) is 12.7 Å². The number of aromatic amines is 1. The van der Waals surface area contributed by atoms with Crippen molar-refractivity contribution in [2.45, 2.75) is 32.0 Å². The van der Waals surface area contributed by atoms with Crippen molar-refractivity contribution in [3.8, 4) is 0 Å². The zero-order valence-corrected chi connectivity index (χ0v) is 12.9. The third-order valence-electron chi connectivity index (χ3n) is 4.57. The Labute approximate surface area is 133 Å². The van der Waals surface area contributed by atoms with Crippen LogP contribution in [0.3, 0.4) is 0 Å². The molecule has 1 aromatic carbocycles. The molecule has 1 fully saturated rings. The highest BCUT2D eigenvalue weighted by atomic mass is 16.1. The highest BCUT2D eigenvalue weighted by Crippen LogP contribution is 2.21. The zero-order valence-electron chi connectivity index (χ0n) is 12.9. The molecule has 1 aliphatic rings. The molecule has 3 heterocycles. The van der Waals surface area contributed by atoms with E-state index in [-0.39, 0.29) is 5.56 Å². The van der Waals surface area contributed by atoms with E-state index in [1.807, 2.05) is 35.0 Å². The van der Waals surface area contributed by atoms with Crippen molar-refractivity contribution in [3.63, 3.8) is 0 Å². The number of nitrogens with zero attached hydrogens (tertiary/aromatic N) is 4. The highest BCUT2D eigenvalue weighted by Gasteiger charge is 2.25. The van der Waals surface area contributed by atoms with Crippen LogP contribution >= 0.6 is 0 Å². The lowest BCUT2D eigenvalue weighted by Gasteiger charge is -2.24. The minimum Gasteiger partial charge on any atom is -0.322 e. The van der Waals surface area contributed by atoms with Gasteiger partial charge in [-0.2, -0.15) is 5.10 Å². The Bertz CT molecular complexity index is 855. The van der Waals surface area contributed by atoms with Crippen LogP contribution in [0.1, 0.15) is 18.4 Å². The van der Waals surface area contributed by atoms with Crippen molar-refractivity contribution >= 4 is 10.9 Å². The van der Waals surface area contributed by atoms with E-state index in [0.717, 1.165) is 42.4 Å². The molecular weight excluding hydrogens is 290 g/mol. The van der Waals surface area contributed by atoms with Crippen molar-refractivity contribution in [1.82, 2.24) is 24.6 Å². The number of likely N-dealkylation sites (tertiary alicyclic amines) is 1. The maximum atomic E-state index is 12.3. The summed E-state index contributed by atoms with van der Waals surface area (Å²) >= 11 is 0. The number of hydrogen-bond acceptors (Lipinski definition) is 4. The third kappa shape index (κ3) is 2.90. The van der Waals surface area contributed by atoms with Crippen LogP contribution in [0.15, 0.2) is 47.8 Å². The molecule has 23 heavy (non-hydrogen) atoms. The fourth-order valence-corrected chi connectivity index (χ4v) is 3.38. The van der Waals surface area contributed by atoms with E-state index in [9.17, 15) is 4.79 Å². The summed E-state index contributed by atoms with van der Waals surface area (Å²) in [5, 5.41) is 5.27. The summed E-state index contributed by atoms with van der Waals surface area (Å²) in [6.45, 7) is 2.52. The molecule has 6 nitrogen and oxygen atoms in total. The SMILES string of the molecule is O=c1[nH]c2ccccc2cc1CN1CCCC1Cn1cncn1. The largest absolute Gasteiger partial charge is 0.322 e. The summed E-state index contributed by atoms with van der Waals surface area (Å²) in [6, 6.07) is 10.3. The van der Waals surface area contributed by atoms with Crippen molar-refractivity contribution in [3.05, 3.63) is 58.9 Å². The molecule has 1 saturated heterocycles. The van der Waals surface area contributed by atoms with Gasteiger partial charge in [0.2, 0.25) is 0 Å². The second-order valence-electron chi connectivity index (χ2n) is 6.09. The second kappa shape index (κ2) is 5.96. The molecule has 0 spiro atoms. The summed E-state index contributed by atoms with van der Waals surface area (Å²) in [6.07, 6.45) is 5.60. The molecule has 1 unspecified atom stereocenters. The third-order valence-corrected chi connectivity index (χ3v) is 4.57. The first-order valence-electron chi connectivity index (χ1n) is 7.97. The average molecular weight is 309 g/mol. The first-order chi connectivity index (χ1) is 11.3. The fourth-order valence-electron chi connectivity index (χ4n) is 3.38. The lowest BCUT2D eigenvalue weighted by Crippen LogP contribution is -2.34. The van der Waals surface area contributed by atoms with Gasteiger partial charge >= 0.3 is 0 Å². The Hall–Kier alpha value is -2.47. The van der Waals surface area contributed by atoms with Gasteiger partial charge in [-0.15, -0.1) is 0 Å². The molecule has 0 bridgehead atoms. The van der Waals surface area contributed by atoms with Gasteiger partial charge in [0.25, 0.3) is 5.56 Å². The van der Waals surface area contributed by atoms with Gasteiger partial charge < -0.3 is 4.98 Å². The standard InChI is InChI=1S/C17H19N5O/c23-17-14(8-13-4-1-2-6-16(13)20-17)9-21-7-3-5-15(21)10-22-12-18-11-19-22/h1-2,4,6,8,11-12,15H,3,5,7,9-10H2,(H,20,23). The highest BCUT2D eigenvalue weighted by molar-refractivity contribution is 5.78. The topological polar surface area (TPSA) is 66.8 Å². The van der Waals surface area contributed by atoms with Gasteiger partial charge in [-0.1, -0.05) is 18.2 Å². The molecule has 118 valence electrons. The maximum Gasteiger partial charge on any atom is 0.252 e. The number of fused-ring (bicyclic) bond motifs is 1. The molecule has 1 atom stereocenters.